The Labute approximate surface area is 230 Å². The first kappa shape index (κ1) is 28.6. The Morgan fingerprint density at radius 1 is 1.28 bits per heavy atom. The van der Waals surface area contributed by atoms with Crippen LogP contribution in [0.1, 0.15) is 60.9 Å². The van der Waals surface area contributed by atoms with Crippen molar-refractivity contribution in [3.8, 4) is 0 Å². The number of ketones is 1. The van der Waals surface area contributed by atoms with E-state index < -0.39 is 34.7 Å². The average molecular weight is 560 g/mol. The molecule has 1 aromatic carbocycles. The number of benzene rings is 1. The van der Waals surface area contributed by atoms with Crippen LogP contribution in [0.3, 0.4) is 0 Å². The molecular formula is C28H32ClF2N5O3. The molecule has 39 heavy (non-hydrogen) atoms. The predicted molar refractivity (Wildman–Crippen MR) is 144 cm³/mol. The van der Waals surface area contributed by atoms with E-state index in [1.54, 1.807) is 39.0 Å². The van der Waals surface area contributed by atoms with Crippen LogP contribution in [0.5, 0.6) is 0 Å². The summed E-state index contributed by atoms with van der Waals surface area (Å²) >= 11 is 5.94. The Morgan fingerprint density at radius 3 is 2.64 bits per heavy atom. The number of aromatic nitrogens is 3. The van der Waals surface area contributed by atoms with Crippen LogP contribution in [0.15, 0.2) is 30.3 Å². The van der Waals surface area contributed by atoms with Gasteiger partial charge < -0.3 is 10.4 Å². The summed E-state index contributed by atoms with van der Waals surface area (Å²) in [6, 6.07) is 7.66. The highest BCUT2D eigenvalue weighted by Crippen LogP contribution is 2.40. The lowest BCUT2D eigenvalue weighted by molar-refractivity contribution is -0.153. The van der Waals surface area contributed by atoms with Gasteiger partial charge in [0.1, 0.15) is 5.82 Å². The fraction of sp³-hybridized carbons (Fsp3) is 0.429. The smallest absolute Gasteiger partial charge is 0.310 e. The number of rotatable bonds is 9. The fourth-order valence-corrected chi connectivity index (χ4v) is 5.32. The molecule has 208 valence electrons. The third kappa shape index (κ3) is 6.12. The van der Waals surface area contributed by atoms with Gasteiger partial charge in [-0.15, -0.1) is 0 Å². The summed E-state index contributed by atoms with van der Waals surface area (Å²) in [6.07, 6.45) is 0.528. The molecule has 0 saturated carbocycles. The van der Waals surface area contributed by atoms with Gasteiger partial charge in [0.15, 0.2) is 23.2 Å². The molecule has 2 atom stereocenters. The number of piperidine rings is 1. The second kappa shape index (κ2) is 11.4. The van der Waals surface area contributed by atoms with Crippen molar-refractivity contribution in [3.05, 3.63) is 69.5 Å². The van der Waals surface area contributed by atoms with Crippen molar-refractivity contribution < 1.29 is 23.5 Å². The molecule has 8 nitrogen and oxygen atoms in total. The molecule has 3 aromatic rings. The lowest BCUT2D eigenvalue weighted by atomic mass is 9.72. The highest BCUT2D eigenvalue weighted by molar-refractivity contribution is 6.30. The van der Waals surface area contributed by atoms with Crippen molar-refractivity contribution in [3.63, 3.8) is 0 Å². The zero-order chi connectivity index (χ0) is 28.5. The molecule has 0 aliphatic carbocycles. The fourth-order valence-electron chi connectivity index (χ4n) is 5.13. The molecule has 0 amide bonds. The molecule has 1 aliphatic rings. The molecule has 3 heterocycles. The number of halogens is 3. The zero-order valence-corrected chi connectivity index (χ0v) is 23.1. The normalized spacial score (nSPS) is 19.8. The van der Waals surface area contributed by atoms with Crippen LogP contribution in [-0.4, -0.2) is 49.5 Å². The Kier molecular flexibility index (Phi) is 8.37. The number of Topliss-reactive ketones (excluding diaryl/α,β-unsaturated/α-hetero) is 1. The van der Waals surface area contributed by atoms with Crippen LogP contribution in [0.2, 0.25) is 5.02 Å². The van der Waals surface area contributed by atoms with Crippen molar-refractivity contribution in [2.45, 2.75) is 59.5 Å². The van der Waals surface area contributed by atoms with Crippen LogP contribution >= 0.6 is 11.6 Å². The van der Waals surface area contributed by atoms with E-state index >= 15 is 4.39 Å². The molecule has 2 aromatic heterocycles. The first-order valence-corrected chi connectivity index (χ1v) is 13.2. The number of pyridine rings is 1. The van der Waals surface area contributed by atoms with Crippen LogP contribution in [0.25, 0.3) is 0 Å². The lowest BCUT2D eigenvalue weighted by Gasteiger charge is -2.43. The van der Waals surface area contributed by atoms with Gasteiger partial charge in [-0.05, 0) is 45.4 Å². The summed E-state index contributed by atoms with van der Waals surface area (Å²) in [7, 11) is 0. The lowest BCUT2D eigenvalue weighted by Crippen LogP contribution is -2.49. The maximum absolute atomic E-state index is 15.4. The monoisotopic (exact) mass is 559 g/mol. The van der Waals surface area contributed by atoms with E-state index in [-0.39, 0.29) is 41.7 Å². The van der Waals surface area contributed by atoms with Gasteiger partial charge in [0, 0.05) is 47.9 Å². The van der Waals surface area contributed by atoms with Gasteiger partial charge in [-0.2, -0.15) is 5.10 Å². The molecule has 4 rings (SSSR count). The Balaban J connectivity index is 1.63. The standard InChI is InChI=1S/C28H32ClF2N5O3/c1-15(2)25(37)20-11-19(32-26(24(20)31)33-22-10-16(3)34-35-22)13-28(27(38)39)8-9-36(17(4)12-28)14-18-6-5-7-21(29)23(18)30/h5-7,10-11,15,17H,8-9,12-14H2,1-4H3,(H,38,39)(H2,32,33,34,35)/t17-,28-/m1/s1. The third-order valence-electron chi connectivity index (χ3n) is 7.32. The Morgan fingerprint density at radius 2 is 2.03 bits per heavy atom. The molecule has 1 aliphatic heterocycles. The van der Waals surface area contributed by atoms with Gasteiger partial charge in [-0.1, -0.05) is 37.6 Å². The number of carboxylic acid groups (broad SMARTS) is 1. The van der Waals surface area contributed by atoms with E-state index in [1.165, 1.54) is 12.1 Å². The number of aliphatic carboxylic acids is 1. The topological polar surface area (TPSA) is 111 Å². The van der Waals surface area contributed by atoms with Crippen molar-refractivity contribution in [1.29, 1.82) is 0 Å². The Bertz CT molecular complexity index is 1400. The summed E-state index contributed by atoms with van der Waals surface area (Å²) in [6.45, 7) is 7.73. The van der Waals surface area contributed by atoms with Crippen molar-refractivity contribution in [2.24, 2.45) is 11.3 Å². The first-order chi connectivity index (χ1) is 18.4. The summed E-state index contributed by atoms with van der Waals surface area (Å²) in [5, 5.41) is 20.0. The van der Waals surface area contributed by atoms with Crippen molar-refractivity contribution >= 4 is 35.0 Å². The minimum Gasteiger partial charge on any atom is -0.481 e. The zero-order valence-electron chi connectivity index (χ0n) is 22.3. The number of likely N-dealkylation sites (tertiary alicyclic amines) is 1. The summed E-state index contributed by atoms with van der Waals surface area (Å²) in [4.78, 5) is 32.0. The molecule has 0 radical (unpaired) electrons. The number of aromatic amines is 1. The van der Waals surface area contributed by atoms with E-state index in [9.17, 15) is 19.1 Å². The van der Waals surface area contributed by atoms with Crippen LogP contribution in [-0.2, 0) is 17.8 Å². The second-order valence-electron chi connectivity index (χ2n) is 10.7. The van der Waals surface area contributed by atoms with Gasteiger partial charge in [0.2, 0.25) is 0 Å². The van der Waals surface area contributed by atoms with Crippen LogP contribution in [0.4, 0.5) is 20.4 Å². The third-order valence-corrected chi connectivity index (χ3v) is 7.61. The van der Waals surface area contributed by atoms with Gasteiger partial charge >= 0.3 is 5.97 Å². The van der Waals surface area contributed by atoms with Crippen molar-refractivity contribution in [2.75, 3.05) is 11.9 Å². The number of aryl methyl sites for hydroxylation is 1. The number of hydrogen-bond acceptors (Lipinski definition) is 6. The maximum atomic E-state index is 15.4. The number of carbonyl (C=O) groups is 2. The highest BCUT2D eigenvalue weighted by Gasteiger charge is 2.45. The van der Waals surface area contributed by atoms with Gasteiger partial charge in [-0.25, -0.2) is 13.8 Å². The quantitative estimate of drug-likeness (QED) is 0.279. The summed E-state index contributed by atoms with van der Waals surface area (Å²) < 4.78 is 29.9. The number of H-pyrrole nitrogens is 1. The van der Waals surface area contributed by atoms with E-state index in [0.717, 1.165) is 5.69 Å². The maximum Gasteiger partial charge on any atom is 0.310 e. The Hall–Kier alpha value is -3.37. The largest absolute Gasteiger partial charge is 0.481 e. The van der Waals surface area contributed by atoms with Crippen LogP contribution in [0, 0.1) is 29.9 Å². The molecule has 0 bridgehead atoms. The predicted octanol–water partition coefficient (Wildman–Crippen LogP) is 5.93. The summed E-state index contributed by atoms with van der Waals surface area (Å²) in [5.74, 6) is -3.04. The SMILES string of the molecule is Cc1cc(Nc2nc(C[C@@]3(C(=O)O)CCN(Cc4cccc(Cl)c4F)[C@H](C)C3)cc(C(=O)C(C)C)c2F)n[nH]1. The molecule has 3 N–H and O–H groups in total. The number of hydrogen-bond donors (Lipinski definition) is 3. The minimum absolute atomic E-state index is 0.00102. The van der Waals surface area contributed by atoms with Gasteiger partial charge in [0.05, 0.1) is 16.0 Å². The number of carbonyl (C=O) groups excluding carboxylic acids is 1. The highest BCUT2D eigenvalue weighted by atomic mass is 35.5. The minimum atomic E-state index is -1.20. The van der Waals surface area contributed by atoms with E-state index in [2.05, 4.69) is 20.5 Å². The summed E-state index contributed by atoms with van der Waals surface area (Å²) in [5.41, 5.74) is 0.131. The second-order valence-corrected chi connectivity index (χ2v) is 11.1. The van der Waals surface area contributed by atoms with E-state index in [0.29, 0.717) is 30.2 Å². The molecule has 1 fully saturated rings. The number of anilines is 2. The van der Waals surface area contributed by atoms with Gasteiger partial charge in [-0.3, -0.25) is 19.6 Å². The van der Waals surface area contributed by atoms with Crippen molar-refractivity contribution in [1.82, 2.24) is 20.1 Å². The number of carboxylic acids is 1. The van der Waals surface area contributed by atoms with Crippen LogP contribution < -0.4 is 5.32 Å². The first-order valence-electron chi connectivity index (χ1n) is 12.8. The van der Waals surface area contributed by atoms with Gasteiger partial charge in [0.25, 0.3) is 0 Å². The molecule has 0 unspecified atom stereocenters. The van der Waals surface area contributed by atoms with E-state index in [1.807, 2.05) is 11.8 Å². The molecule has 1 saturated heterocycles. The number of nitrogens with zero attached hydrogens (tertiary/aromatic N) is 3. The molecule has 0 spiro atoms. The number of nitrogens with one attached hydrogen (secondary N) is 2. The molecular weight excluding hydrogens is 528 g/mol. The molecule has 11 heteroatoms. The van der Waals surface area contributed by atoms with E-state index in [4.69, 9.17) is 11.6 Å². The average Bonchev–Trinajstić information content (AvgIpc) is 3.29.